The van der Waals surface area contributed by atoms with Gasteiger partial charge in [-0.25, -0.2) is 0 Å². The van der Waals surface area contributed by atoms with Gasteiger partial charge in [-0.15, -0.1) is 0 Å². The molecule has 2 aromatic rings. The van der Waals surface area contributed by atoms with Crippen LogP contribution in [0.1, 0.15) is 37.9 Å². The minimum absolute atomic E-state index is 0.0315. The average molecular weight is 284 g/mol. The summed E-state index contributed by atoms with van der Waals surface area (Å²) in [5, 5.41) is 3.29. The summed E-state index contributed by atoms with van der Waals surface area (Å²) in [5.41, 5.74) is 2.70. The molecule has 112 valence electrons. The van der Waals surface area contributed by atoms with Crippen LogP contribution in [-0.4, -0.2) is 11.6 Å². The molecule has 1 aromatic carbocycles. The predicted octanol–water partition coefficient (Wildman–Crippen LogP) is 3.11. The van der Waals surface area contributed by atoms with Crippen LogP contribution in [0, 0.1) is 0 Å². The van der Waals surface area contributed by atoms with Crippen molar-refractivity contribution in [2.45, 2.75) is 38.8 Å². The van der Waals surface area contributed by atoms with Crippen molar-refractivity contribution in [1.82, 2.24) is 9.88 Å². The van der Waals surface area contributed by atoms with Crippen LogP contribution in [0.15, 0.2) is 53.5 Å². The molecule has 1 N–H and O–H groups in total. The molecule has 0 aliphatic heterocycles. The van der Waals surface area contributed by atoms with E-state index in [2.05, 4.69) is 50.4 Å². The van der Waals surface area contributed by atoms with Crippen LogP contribution < -0.4 is 10.9 Å². The number of rotatable bonds is 4. The Bertz CT molecular complexity index is 635. The van der Waals surface area contributed by atoms with E-state index in [0.717, 1.165) is 0 Å². The molecule has 1 unspecified atom stereocenters. The highest BCUT2D eigenvalue weighted by atomic mass is 16.1. The van der Waals surface area contributed by atoms with E-state index >= 15 is 0 Å². The smallest absolute Gasteiger partial charge is 0.250 e. The van der Waals surface area contributed by atoms with Crippen molar-refractivity contribution >= 4 is 0 Å². The first-order valence-electron chi connectivity index (χ1n) is 7.35. The standard InChI is InChI=1S/C18H24N2O/c1-18(2,3)15-10-8-14(9-11-15)16(19-4)13-20-12-6-5-7-17(20)21/h5-12,16,19H,13H2,1-4H3. The summed E-state index contributed by atoms with van der Waals surface area (Å²) in [7, 11) is 1.93. The van der Waals surface area contributed by atoms with E-state index in [-0.39, 0.29) is 17.0 Å². The molecule has 21 heavy (non-hydrogen) atoms. The Balaban J connectivity index is 2.22. The number of nitrogens with zero attached hydrogens (tertiary/aromatic N) is 1. The number of pyridine rings is 1. The van der Waals surface area contributed by atoms with Crippen molar-refractivity contribution in [3.8, 4) is 0 Å². The second kappa shape index (κ2) is 6.27. The molecule has 1 aromatic heterocycles. The van der Waals surface area contributed by atoms with Gasteiger partial charge in [-0.05, 0) is 29.7 Å². The zero-order valence-corrected chi connectivity index (χ0v) is 13.3. The molecular formula is C18H24N2O. The van der Waals surface area contributed by atoms with E-state index in [1.54, 1.807) is 16.7 Å². The Kier molecular flexibility index (Phi) is 4.63. The summed E-state index contributed by atoms with van der Waals surface area (Å²) in [4.78, 5) is 11.8. The Hall–Kier alpha value is -1.87. The fourth-order valence-electron chi connectivity index (χ4n) is 2.39. The maximum atomic E-state index is 11.8. The molecule has 3 nitrogen and oxygen atoms in total. The largest absolute Gasteiger partial charge is 0.314 e. The van der Waals surface area contributed by atoms with E-state index in [1.165, 1.54) is 11.1 Å². The summed E-state index contributed by atoms with van der Waals surface area (Å²) in [6.45, 7) is 7.26. The van der Waals surface area contributed by atoms with E-state index in [4.69, 9.17) is 0 Å². The van der Waals surface area contributed by atoms with Crippen LogP contribution in [0.25, 0.3) is 0 Å². The molecule has 2 rings (SSSR count). The summed E-state index contributed by atoms with van der Waals surface area (Å²) in [6, 6.07) is 14.0. The fraction of sp³-hybridized carbons (Fsp3) is 0.389. The van der Waals surface area contributed by atoms with Crippen molar-refractivity contribution in [1.29, 1.82) is 0 Å². The van der Waals surface area contributed by atoms with Gasteiger partial charge in [0.2, 0.25) is 0 Å². The first kappa shape index (κ1) is 15.5. The first-order valence-corrected chi connectivity index (χ1v) is 7.35. The van der Waals surface area contributed by atoms with E-state index < -0.39 is 0 Å². The normalized spacial score (nSPS) is 13.1. The average Bonchev–Trinajstić information content (AvgIpc) is 2.46. The van der Waals surface area contributed by atoms with Crippen LogP contribution >= 0.6 is 0 Å². The van der Waals surface area contributed by atoms with Gasteiger partial charge in [-0.1, -0.05) is 51.1 Å². The third-order valence-corrected chi connectivity index (χ3v) is 3.81. The van der Waals surface area contributed by atoms with Gasteiger partial charge in [0.1, 0.15) is 0 Å². The molecule has 1 heterocycles. The SMILES string of the molecule is CNC(Cn1ccccc1=O)c1ccc(C(C)(C)C)cc1. The lowest BCUT2D eigenvalue weighted by Gasteiger charge is -2.22. The van der Waals surface area contributed by atoms with Gasteiger partial charge in [-0.3, -0.25) is 4.79 Å². The lowest BCUT2D eigenvalue weighted by molar-refractivity contribution is 0.490. The van der Waals surface area contributed by atoms with E-state index in [9.17, 15) is 4.79 Å². The van der Waals surface area contributed by atoms with Crippen molar-refractivity contribution in [2.75, 3.05) is 7.05 Å². The van der Waals surface area contributed by atoms with Crippen molar-refractivity contribution in [2.24, 2.45) is 0 Å². The number of nitrogens with one attached hydrogen (secondary N) is 1. The van der Waals surface area contributed by atoms with Crippen LogP contribution in [0.5, 0.6) is 0 Å². The van der Waals surface area contributed by atoms with E-state index in [1.807, 2.05) is 19.3 Å². The van der Waals surface area contributed by atoms with Gasteiger partial charge in [0.05, 0.1) is 6.04 Å². The Morgan fingerprint density at radius 1 is 1.10 bits per heavy atom. The topological polar surface area (TPSA) is 34.0 Å². The Morgan fingerprint density at radius 3 is 2.29 bits per heavy atom. The van der Waals surface area contributed by atoms with Crippen molar-refractivity contribution in [3.05, 3.63) is 70.1 Å². The zero-order valence-electron chi connectivity index (χ0n) is 13.3. The highest BCUT2D eigenvalue weighted by Gasteiger charge is 2.15. The van der Waals surface area contributed by atoms with Crippen LogP contribution in [0.4, 0.5) is 0 Å². The molecule has 0 saturated carbocycles. The van der Waals surface area contributed by atoms with E-state index in [0.29, 0.717) is 6.54 Å². The summed E-state index contributed by atoms with van der Waals surface area (Å²) in [5.74, 6) is 0. The quantitative estimate of drug-likeness (QED) is 0.936. The highest BCUT2D eigenvalue weighted by molar-refractivity contribution is 5.29. The summed E-state index contributed by atoms with van der Waals surface area (Å²) in [6.07, 6.45) is 1.83. The number of hydrogen-bond donors (Lipinski definition) is 1. The second-order valence-corrected chi connectivity index (χ2v) is 6.40. The molecule has 0 fully saturated rings. The number of benzene rings is 1. The van der Waals surface area contributed by atoms with Gasteiger partial charge in [0.25, 0.3) is 5.56 Å². The second-order valence-electron chi connectivity index (χ2n) is 6.40. The van der Waals surface area contributed by atoms with Crippen LogP contribution in [0.3, 0.4) is 0 Å². The van der Waals surface area contributed by atoms with Gasteiger partial charge >= 0.3 is 0 Å². The third-order valence-electron chi connectivity index (χ3n) is 3.81. The Morgan fingerprint density at radius 2 is 1.76 bits per heavy atom. The lowest BCUT2D eigenvalue weighted by Crippen LogP contribution is -2.27. The molecule has 3 heteroatoms. The third kappa shape index (κ3) is 3.82. The molecule has 0 radical (unpaired) electrons. The van der Waals surface area contributed by atoms with Gasteiger partial charge < -0.3 is 9.88 Å². The first-order chi connectivity index (χ1) is 9.91. The molecule has 0 aliphatic rings. The predicted molar refractivity (Wildman–Crippen MR) is 87.6 cm³/mol. The molecule has 0 saturated heterocycles. The molecule has 0 aliphatic carbocycles. The monoisotopic (exact) mass is 284 g/mol. The maximum Gasteiger partial charge on any atom is 0.250 e. The summed E-state index contributed by atoms with van der Waals surface area (Å²) >= 11 is 0. The number of hydrogen-bond acceptors (Lipinski definition) is 2. The zero-order chi connectivity index (χ0) is 15.5. The molecule has 1 atom stereocenters. The summed E-state index contributed by atoms with van der Waals surface area (Å²) < 4.78 is 1.73. The van der Waals surface area contributed by atoms with Crippen molar-refractivity contribution < 1.29 is 0 Å². The fourth-order valence-corrected chi connectivity index (χ4v) is 2.39. The minimum atomic E-state index is 0.0315. The molecule has 0 spiro atoms. The molecule has 0 amide bonds. The number of likely N-dealkylation sites (N-methyl/N-ethyl adjacent to an activating group) is 1. The van der Waals surface area contributed by atoms with Crippen molar-refractivity contribution in [3.63, 3.8) is 0 Å². The van der Waals surface area contributed by atoms with Crippen LogP contribution in [-0.2, 0) is 12.0 Å². The highest BCUT2D eigenvalue weighted by Crippen LogP contribution is 2.24. The lowest BCUT2D eigenvalue weighted by atomic mass is 9.86. The van der Waals surface area contributed by atoms with Gasteiger partial charge in [0.15, 0.2) is 0 Å². The Labute approximate surface area is 126 Å². The van der Waals surface area contributed by atoms with Crippen LogP contribution in [0.2, 0.25) is 0 Å². The minimum Gasteiger partial charge on any atom is -0.314 e. The van der Waals surface area contributed by atoms with Gasteiger partial charge in [-0.2, -0.15) is 0 Å². The molecule has 0 bridgehead atoms. The maximum absolute atomic E-state index is 11.8. The molecular weight excluding hydrogens is 260 g/mol. The van der Waals surface area contributed by atoms with Gasteiger partial charge in [0, 0.05) is 18.8 Å². The number of aromatic nitrogens is 1.